The summed E-state index contributed by atoms with van der Waals surface area (Å²) >= 11 is 0. The van der Waals surface area contributed by atoms with Crippen LogP contribution in [0.5, 0.6) is 0 Å². The molecular weight excluding hydrogens is 326 g/mol. The molecule has 0 amide bonds. The highest BCUT2D eigenvalue weighted by atomic mass is 16.7. The Labute approximate surface area is 155 Å². The number of hydrogen-bond acceptors (Lipinski definition) is 4. The fourth-order valence-corrected chi connectivity index (χ4v) is 4.11. The van der Waals surface area contributed by atoms with Crippen molar-refractivity contribution >= 4 is 0 Å². The lowest BCUT2D eigenvalue weighted by atomic mass is 9.87. The van der Waals surface area contributed by atoms with Gasteiger partial charge in [-0.15, -0.1) is 0 Å². The van der Waals surface area contributed by atoms with Crippen LogP contribution >= 0.6 is 0 Å². The Morgan fingerprint density at radius 3 is 2.50 bits per heavy atom. The van der Waals surface area contributed by atoms with Crippen LogP contribution in [-0.4, -0.2) is 25.0 Å². The Morgan fingerprint density at radius 1 is 0.962 bits per heavy atom. The van der Waals surface area contributed by atoms with Crippen LogP contribution < -0.4 is 5.32 Å². The van der Waals surface area contributed by atoms with Crippen molar-refractivity contribution in [2.75, 3.05) is 13.2 Å². The molecule has 1 spiro atoms. The molecule has 26 heavy (non-hydrogen) atoms. The summed E-state index contributed by atoms with van der Waals surface area (Å²) in [6, 6.07) is 19.4. The smallest absolute Gasteiger partial charge is 0.171 e. The standard InChI is InChI=1S/C22H27NO3/c1-17-13-22(25-11-12-26-22)14-21(23-17)20-10-6-5-9-19(20)16-24-15-18-7-3-2-4-8-18/h2-10,17,21,23H,11-16H2,1H3/t17-,21-/m0/s1. The van der Waals surface area contributed by atoms with E-state index in [1.165, 1.54) is 16.7 Å². The van der Waals surface area contributed by atoms with Crippen LogP contribution in [0.1, 0.15) is 42.5 Å². The molecule has 0 bridgehead atoms. The largest absolute Gasteiger partial charge is 0.372 e. The van der Waals surface area contributed by atoms with Gasteiger partial charge in [-0.05, 0) is 23.6 Å². The molecule has 2 heterocycles. The van der Waals surface area contributed by atoms with E-state index >= 15 is 0 Å². The Hall–Kier alpha value is -1.72. The minimum atomic E-state index is -0.423. The van der Waals surface area contributed by atoms with Gasteiger partial charge in [0.2, 0.25) is 0 Å². The second-order valence-corrected chi connectivity index (χ2v) is 7.31. The van der Waals surface area contributed by atoms with Crippen molar-refractivity contribution in [3.05, 3.63) is 71.3 Å². The fourth-order valence-electron chi connectivity index (χ4n) is 4.11. The number of benzene rings is 2. The van der Waals surface area contributed by atoms with Crippen molar-refractivity contribution in [2.45, 2.75) is 50.8 Å². The minimum absolute atomic E-state index is 0.216. The Balaban J connectivity index is 1.46. The monoisotopic (exact) mass is 353 g/mol. The third-order valence-electron chi connectivity index (χ3n) is 5.23. The molecular formula is C22H27NO3. The number of ether oxygens (including phenoxy) is 3. The molecule has 2 aliphatic rings. The van der Waals surface area contributed by atoms with Gasteiger partial charge in [0.15, 0.2) is 5.79 Å². The maximum atomic E-state index is 5.99. The third kappa shape index (κ3) is 3.99. The predicted molar refractivity (Wildman–Crippen MR) is 101 cm³/mol. The van der Waals surface area contributed by atoms with Crippen molar-refractivity contribution in [1.82, 2.24) is 5.32 Å². The first kappa shape index (κ1) is 17.7. The Morgan fingerprint density at radius 2 is 1.69 bits per heavy atom. The van der Waals surface area contributed by atoms with E-state index in [0.29, 0.717) is 32.5 Å². The molecule has 2 aromatic rings. The second kappa shape index (κ2) is 7.89. The molecule has 1 N–H and O–H groups in total. The van der Waals surface area contributed by atoms with Crippen molar-refractivity contribution < 1.29 is 14.2 Å². The van der Waals surface area contributed by atoms with Crippen molar-refractivity contribution in [3.8, 4) is 0 Å². The minimum Gasteiger partial charge on any atom is -0.372 e. The van der Waals surface area contributed by atoms with Crippen LogP contribution in [0.15, 0.2) is 54.6 Å². The van der Waals surface area contributed by atoms with Gasteiger partial charge in [-0.1, -0.05) is 54.6 Å². The first-order valence-electron chi connectivity index (χ1n) is 9.48. The average Bonchev–Trinajstić information content (AvgIpc) is 3.09. The maximum absolute atomic E-state index is 5.99. The van der Waals surface area contributed by atoms with Gasteiger partial charge in [0.05, 0.1) is 26.4 Å². The Kier molecular flexibility index (Phi) is 5.36. The number of nitrogens with one attached hydrogen (secondary N) is 1. The molecule has 0 aliphatic carbocycles. The van der Waals surface area contributed by atoms with Crippen LogP contribution in [0.3, 0.4) is 0 Å². The third-order valence-corrected chi connectivity index (χ3v) is 5.23. The number of hydrogen-bond donors (Lipinski definition) is 1. The summed E-state index contributed by atoms with van der Waals surface area (Å²) in [5.41, 5.74) is 3.70. The summed E-state index contributed by atoms with van der Waals surface area (Å²) in [6.07, 6.45) is 1.74. The molecule has 2 aliphatic heterocycles. The summed E-state index contributed by atoms with van der Waals surface area (Å²) in [5, 5.41) is 3.72. The highest BCUT2D eigenvalue weighted by Gasteiger charge is 2.44. The molecule has 0 unspecified atom stereocenters. The molecule has 138 valence electrons. The summed E-state index contributed by atoms with van der Waals surface area (Å²) in [6.45, 7) is 4.82. The van der Waals surface area contributed by atoms with Crippen LogP contribution in [0.25, 0.3) is 0 Å². The van der Waals surface area contributed by atoms with E-state index in [2.05, 4.69) is 48.6 Å². The quantitative estimate of drug-likeness (QED) is 0.883. The lowest BCUT2D eigenvalue weighted by Crippen LogP contribution is -2.49. The topological polar surface area (TPSA) is 39.7 Å². The molecule has 4 heteroatoms. The second-order valence-electron chi connectivity index (χ2n) is 7.31. The number of rotatable bonds is 5. The van der Waals surface area contributed by atoms with E-state index in [1.807, 2.05) is 18.2 Å². The predicted octanol–water partition coefficient (Wildman–Crippen LogP) is 3.96. The fraction of sp³-hybridized carbons (Fsp3) is 0.455. The van der Waals surface area contributed by atoms with Gasteiger partial charge in [0, 0.05) is 24.9 Å². The molecule has 4 nitrogen and oxygen atoms in total. The van der Waals surface area contributed by atoms with Gasteiger partial charge in [-0.2, -0.15) is 0 Å². The maximum Gasteiger partial charge on any atom is 0.171 e. The highest BCUT2D eigenvalue weighted by Crippen LogP contribution is 2.39. The molecule has 2 aromatic carbocycles. The van der Waals surface area contributed by atoms with Crippen LogP contribution in [0, 0.1) is 0 Å². The van der Waals surface area contributed by atoms with Crippen LogP contribution in [0.2, 0.25) is 0 Å². The number of piperidine rings is 1. The van der Waals surface area contributed by atoms with E-state index in [9.17, 15) is 0 Å². The summed E-state index contributed by atoms with van der Waals surface area (Å²) in [4.78, 5) is 0. The molecule has 4 rings (SSSR count). The first-order valence-corrected chi connectivity index (χ1v) is 9.48. The van der Waals surface area contributed by atoms with E-state index in [-0.39, 0.29) is 6.04 Å². The molecule has 2 fully saturated rings. The molecule has 0 aromatic heterocycles. The van der Waals surface area contributed by atoms with Gasteiger partial charge in [0.1, 0.15) is 0 Å². The van der Waals surface area contributed by atoms with Gasteiger partial charge in [-0.25, -0.2) is 0 Å². The van der Waals surface area contributed by atoms with Gasteiger partial charge in [-0.3, -0.25) is 0 Å². The molecule has 0 radical (unpaired) electrons. The van der Waals surface area contributed by atoms with E-state index in [1.54, 1.807) is 0 Å². The van der Waals surface area contributed by atoms with E-state index in [4.69, 9.17) is 14.2 Å². The molecule has 2 atom stereocenters. The van der Waals surface area contributed by atoms with Gasteiger partial charge >= 0.3 is 0 Å². The van der Waals surface area contributed by atoms with E-state index in [0.717, 1.165) is 12.8 Å². The Bertz CT molecular complexity index is 712. The summed E-state index contributed by atoms with van der Waals surface area (Å²) < 4.78 is 18.0. The first-order chi connectivity index (χ1) is 12.7. The molecule has 2 saturated heterocycles. The molecule has 0 saturated carbocycles. The zero-order valence-electron chi connectivity index (χ0n) is 15.3. The van der Waals surface area contributed by atoms with Crippen LogP contribution in [-0.2, 0) is 27.4 Å². The van der Waals surface area contributed by atoms with Crippen molar-refractivity contribution in [3.63, 3.8) is 0 Å². The zero-order chi connectivity index (χ0) is 17.8. The van der Waals surface area contributed by atoms with Crippen LogP contribution in [0.4, 0.5) is 0 Å². The highest BCUT2D eigenvalue weighted by molar-refractivity contribution is 5.30. The normalized spacial score (nSPS) is 24.8. The lowest BCUT2D eigenvalue weighted by Gasteiger charge is -2.41. The lowest BCUT2D eigenvalue weighted by molar-refractivity contribution is -0.187. The SMILES string of the molecule is C[C@H]1CC2(C[C@@H](c3ccccc3COCc3ccccc3)N1)OCCO2. The van der Waals surface area contributed by atoms with Crippen molar-refractivity contribution in [2.24, 2.45) is 0 Å². The van der Waals surface area contributed by atoms with Gasteiger partial charge < -0.3 is 19.5 Å². The summed E-state index contributed by atoms with van der Waals surface area (Å²) in [7, 11) is 0. The zero-order valence-corrected chi connectivity index (χ0v) is 15.3. The summed E-state index contributed by atoms with van der Waals surface area (Å²) in [5.74, 6) is -0.423. The van der Waals surface area contributed by atoms with Gasteiger partial charge in [0.25, 0.3) is 0 Å². The van der Waals surface area contributed by atoms with Crippen molar-refractivity contribution in [1.29, 1.82) is 0 Å². The average molecular weight is 353 g/mol. The van der Waals surface area contributed by atoms with E-state index < -0.39 is 5.79 Å².